The van der Waals surface area contributed by atoms with Crippen LogP contribution in [0.4, 0.5) is 17.5 Å². The number of anilines is 3. The quantitative estimate of drug-likeness (QED) is 0.846. The third-order valence-corrected chi connectivity index (χ3v) is 6.62. The van der Waals surface area contributed by atoms with Crippen molar-refractivity contribution >= 4 is 27.3 Å². The van der Waals surface area contributed by atoms with Gasteiger partial charge >= 0.3 is 0 Å². The highest BCUT2D eigenvalue weighted by Gasteiger charge is 2.31. The first-order chi connectivity index (χ1) is 11.5. The number of rotatable bonds is 3. The third-order valence-electron chi connectivity index (χ3n) is 4.87. The summed E-state index contributed by atoms with van der Waals surface area (Å²) < 4.78 is 23.4. The molecule has 0 saturated carbocycles. The summed E-state index contributed by atoms with van der Waals surface area (Å²) in [4.78, 5) is 13.2. The van der Waals surface area contributed by atoms with Crippen molar-refractivity contribution in [3.05, 3.63) is 42.1 Å². The fraction of sp³-hybridized carbons (Fsp3) is 0.412. The second kappa shape index (κ2) is 5.73. The van der Waals surface area contributed by atoms with Crippen molar-refractivity contribution in [1.29, 1.82) is 0 Å². The summed E-state index contributed by atoms with van der Waals surface area (Å²) in [7, 11) is -0.997. The van der Waals surface area contributed by atoms with Gasteiger partial charge in [0.15, 0.2) is 9.84 Å². The molecule has 1 aromatic heterocycles. The minimum Gasteiger partial charge on any atom is -0.355 e. The molecule has 0 bridgehead atoms. The Labute approximate surface area is 142 Å². The van der Waals surface area contributed by atoms with Crippen LogP contribution in [0.2, 0.25) is 0 Å². The molecule has 6 nitrogen and oxygen atoms in total. The second-order valence-corrected chi connectivity index (χ2v) is 8.64. The maximum atomic E-state index is 11.7. The lowest BCUT2D eigenvalue weighted by atomic mass is 10.2. The molecule has 1 atom stereocenters. The summed E-state index contributed by atoms with van der Waals surface area (Å²) in [5.41, 5.74) is 2.46. The lowest BCUT2D eigenvalue weighted by molar-refractivity contribution is 0.600. The Hall–Kier alpha value is -2.15. The van der Waals surface area contributed by atoms with Crippen LogP contribution in [-0.2, 0) is 16.3 Å². The van der Waals surface area contributed by atoms with Gasteiger partial charge in [0.25, 0.3) is 0 Å². The summed E-state index contributed by atoms with van der Waals surface area (Å²) in [6.45, 7) is 0.865. The molecule has 0 aliphatic carbocycles. The molecule has 1 saturated heterocycles. The first-order valence-electron chi connectivity index (χ1n) is 8.15. The summed E-state index contributed by atoms with van der Waals surface area (Å²) in [5, 5.41) is 0. The van der Waals surface area contributed by atoms with E-state index in [4.69, 9.17) is 4.98 Å². The van der Waals surface area contributed by atoms with Crippen LogP contribution in [0.5, 0.6) is 0 Å². The molecular formula is C17H20N4O2S. The molecule has 126 valence electrons. The number of aromatic nitrogens is 2. The van der Waals surface area contributed by atoms with Crippen molar-refractivity contribution in [2.75, 3.05) is 34.9 Å². The number of fused-ring (bicyclic) bond motifs is 1. The molecule has 1 aromatic carbocycles. The number of benzene rings is 1. The van der Waals surface area contributed by atoms with Gasteiger partial charge in [0.05, 0.1) is 11.5 Å². The van der Waals surface area contributed by atoms with Gasteiger partial charge in [-0.2, -0.15) is 4.98 Å². The van der Waals surface area contributed by atoms with Crippen molar-refractivity contribution in [2.45, 2.75) is 18.9 Å². The van der Waals surface area contributed by atoms with E-state index in [9.17, 15) is 8.42 Å². The van der Waals surface area contributed by atoms with E-state index >= 15 is 0 Å². The average Bonchev–Trinajstić information content (AvgIpc) is 3.17. The van der Waals surface area contributed by atoms with Gasteiger partial charge in [0.2, 0.25) is 5.95 Å². The highest BCUT2D eigenvalue weighted by molar-refractivity contribution is 7.91. The maximum Gasteiger partial charge on any atom is 0.231 e. The Morgan fingerprint density at radius 3 is 2.88 bits per heavy atom. The number of hydrogen-bond donors (Lipinski definition) is 0. The van der Waals surface area contributed by atoms with E-state index in [-0.39, 0.29) is 17.5 Å². The molecule has 0 spiro atoms. The number of para-hydroxylation sites is 1. The fourth-order valence-electron chi connectivity index (χ4n) is 3.48. The van der Waals surface area contributed by atoms with E-state index in [1.54, 1.807) is 6.20 Å². The third kappa shape index (κ3) is 2.73. The molecule has 0 N–H and O–H groups in total. The van der Waals surface area contributed by atoms with Gasteiger partial charge in [0, 0.05) is 31.5 Å². The largest absolute Gasteiger partial charge is 0.355 e. The minimum atomic E-state index is -2.91. The molecule has 24 heavy (non-hydrogen) atoms. The topological polar surface area (TPSA) is 66.4 Å². The van der Waals surface area contributed by atoms with Crippen LogP contribution in [0.15, 0.2) is 36.5 Å². The molecule has 0 amide bonds. The van der Waals surface area contributed by atoms with Crippen molar-refractivity contribution in [3.63, 3.8) is 0 Å². The van der Waals surface area contributed by atoms with Gasteiger partial charge in [-0.1, -0.05) is 18.2 Å². The van der Waals surface area contributed by atoms with Gasteiger partial charge < -0.3 is 9.80 Å². The standard InChI is InChI=1S/C17H20N4O2S/c1-20(14-8-11-24(22,23)12-14)16-6-9-18-17(19-16)21-10-7-13-4-2-3-5-15(13)21/h2-6,9,14H,7-8,10-12H2,1H3. The molecule has 3 heterocycles. The van der Waals surface area contributed by atoms with Crippen LogP contribution in [-0.4, -0.2) is 49.5 Å². The molecule has 0 radical (unpaired) electrons. The second-order valence-electron chi connectivity index (χ2n) is 6.41. The van der Waals surface area contributed by atoms with E-state index in [1.165, 1.54) is 5.56 Å². The molecule has 1 unspecified atom stereocenters. The Morgan fingerprint density at radius 2 is 2.08 bits per heavy atom. The molecular weight excluding hydrogens is 324 g/mol. The van der Waals surface area contributed by atoms with Gasteiger partial charge in [-0.05, 0) is 30.5 Å². The number of hydrogen-bond acceptors (Lipinski definition) is 6. The molecule has 1 fully saturated rings. The van der Waals surface area contributed by atoms with Gasteiger partial charge in [-0.15, -0.1) is 0 Å². The smallest absolute Gasteiger partial charge is 0.231 e. The van der Waals surface area contributed by atoms with E-state index in [1.807, 2.05) is 30.1 Å². The summed E-state index contributed by atoms with van der Waals surface area (Å²) in [6, 6.07) is 10.1. The fourth-order valence-corrected chi connectivity index (χ4v) is 5.25. The minimum absolute atomic E-state index is 0.0105. The zero-order valence-electron chi connectivity index (χ0n) is 13.6. The van der Waals surface area contributed by atoms with Crippen LogP contribution < -0.4 is 9.80 Å². The van der Waals surface area contributed by atoms with Gasteiger partial charge in [0.1, 0.15) is 5.82 Å². The van der Waals surface area contributed by atoms with Crippen molar-refractivity contribution in [3.8, 4) is 0 Å². The van der Waals surface area contributed by atoms with Crippen molar-refractivity contribution < 1.29 is 8.42 Å². The monoisotopic (exact) mass is 344 g/mol. The Balaban J connectivity index is 1.61. The van der Waals surface area contributed by atoms with Crippen LogP contribution in [0, 0.1) is 0 Å². The first-order valence-corrected chi connectivity index (χ1v) is 9.97. The van der Waals surface area contributed by atoms with E-state index in [2.05, 4.69) is 22.0 Å². The first kappa shape index (κ1) is 15.4. The Morgan fingerprint density at radius 1 is 1.25 bits per heavy atom. The lowest BCUT2D eigenvalue weighted by Crippen LogP contribution is -2.33. The van der Waals surface area contributed by atoms with E-state index in [0.29, 0.717) is 12.4 Å². The van der Waals surface area contributed by atoms with E-state index in [0.717, 1.165) is 24.5 Å². The Bertz CT molecular complexity index is 868. The average molecular weight is 344 g/mol. The van der Waals surface area contributed by atoms with Crippen molar-refractivity contribution in [2.24, 2.45) is 0 Å². The van der Waals surface area contributed by atoms with Crippen LogP contribution in [0.1, 0.15) is 12.0 Å². The lowest BCUT2D eigenvalue weighted by Gasteiger charge is -2.26. The molecule has 2 aliphatic heterocycles. The molecule has 2 aliphatic rings. The normalized spacial score (nSPS) is 21.7. The van der Waals surface area contributed by atoms with E-state index < -0.39 is 9.84 Å². The van der Waals surface area contributed by atoms with Gasteiger partial charge in [-0.25, -0.2) is 13.4 Å². The number of sulfone groups is 1. The summed E-state index contributed by atoms with van der Waals surface area (Å²) >= 11 is 0. The molecule has 2 aromatic rings. The maximum absolute atomic E-state index is 11.7. The Kier molecular flexibility index (Phi) is 3.68. The summed E-state index contributed by atoms with van der Waals surface area (Å²) in [6.07, 6.45) is 3.39. The van der Waals surface area contributed by atoms with Crippen molar-refractivity contribution in [1.82, 2.24) is 9.97 Å². The van der Waals surface area contributed by atoms with Crippen LogP contribution in [0.3, 0.4) is 0 Å². The highest BCUT2D eigenvalue weighted by Crippen LogP contribution is 2.33. The SMILES string of the molecule is CN(c1ccnc(N2CCc3ccccc32)n1)C1CCS(=O)(=O)C1. The van der Waals surface area contributed by atoms with Crippen LogP contribution in [0.25, 0.3) is 0 Å². The predicted octanol–water partition coefficient (Wildman–Crippen LogP) is 1.79. The summed E-state index contributed by atoms with van der Waals surface area (Å²) in [5.74, 6) is 1.91. The van der Waals surface area contributed by atoms with Gasteiger partial charge in [-0.3, -0.25) is 0 Å². The molecule has 4 rings (SSSR count). The zero-order chi connectivity index (χ0) is 16.7. The highest BCUT2D eigenvalue weighted by atomic mass is 32.2. The number of nitrogens with zero attached hydrogens (tertiary/aromatic N) is 4. The van der Waals surface area contributed by atoms with Crippen LogP contribution >= 0.6 is 0 Å². The zero-order valence-corrected chi connectivity index (χ0v) is 14.4. The molecule has 7 heteroatoms. The predicted molar refractivity (Wildman–Crippen MR) is 94.6 cm³/mol.